The van der Waals surface area contributed by atoms with Crippen molar-refractivity contribution in [1.82, 2.24) is 19.6 Å². The van der Waals surface area contributed by atoms with E-state index in [1.807, 2.05) is 37.1 Å². The first kappa shape index (κ1) is 16.8. The van der Waals surface area contributed by atoms with Gasteiger partial charge < -0.3 is 9.80 Å². The third kappa shape index (κ3) is 2.67. The zero-order valence-corrected chi connectivity index (χ0v) is 15.0. The smallest absolute Gasteiger partial charge is 0.275 e. The molecule has 7 nitrogen and oxygen atoms in total. The first-order chi connectivity index (χ1) is 12.5. The number of carbonyl (C=O) groups is 2. The summed E-state index contributed by atoms with van der Waals surface area (Å²) in [6.07, 6.45) is 1.29. The Kier molecular flexibility index (Phi) is 4.01. The molecule has 0 saturated carbocycles. The summed E-state index contributed by atoms with van der Waals surface area (Å²) in [4.78, 5) is 40.9. The zero-order valence-electron chi connectivity index (χ0n) is 15.0. The van der Waals surface area contributed by atoms with Crippen molar-refractivity contribution in [1.29, 1.82) is 0 Å². The fraction of sp³-hybridized carbons (Fsp3) is 0.474. The van der Waals surface area contributed by atoms with Crippen LogP contribution in [0, 0.1) is 12.8 Å². The van der Waals surface area contributed by atoms with E-state index >= 15 is 0 Å². The second-order valence-electron chi connectivity index (χ2n) is 7.26. The van der Waals surface area contributed by atoms with Gasteiger partial charge in [0.25, 0.3) is 5.56 Å². The SMILES string of the molecule is Cc1nn(CC(=O)N2CC[C@H]3[C@H](CC(=O)N3C)C2)c(=O)c2ccccc12. The summed E-state index contributed by atoms with van der Waals surface area (Å²) in [5, 5.41) is 5.71. The summed E-state index contributed by atoms with van der Waals surface area (Å²) in [7, 11) is 1.84. The molecule has 7 heteroatoms. The molecule has 26 heavy (non-hydrogen) atoms. The van der Waals surface area contributed by atoms with E-state index in [1.54, 1.807) is 11.0 Å². The van der Waals surface area contributed by atoms with Crippen molar-refractivity contribution in [3.05, 3.63) is 40.3 Å². The fourth-order valence-electron chi connectivity index (χ4n) is 4.25. The highest BCUT2D eigenvalue weighted by atomic mass is 16.2. The second kappa shape index (κ2) is 6.23. The lowest BCUT2D eigenvalue weighted by Crippen LogP contribution is -2.49. The minimum atomic E-state index is -0.245. The molecule has 1 aromatic carbocycles. The highest BCUT2D eigenvalue weighted by Crippen LogP contribution is 2.31. The molecule has 3 heterocycles. The number of hydrogen-bond acceptors (Lipinski definition) is 4. The average molecular weight is 354 g/mol. The number of piperidine rings is 1. The minimum Gasteiger partial charge on any atom is -0.342 e. The van der Waals surface area contributed by atoms with Gasteiger partial charge in [-0.2, -0.15) is 5.10 Å². The molecule has 0 N–H and O–H groups in total. The zero-order chi connectivity index (χ0) is 18.4. The van der Waals surface area contributed by atoms with Crippen LogP contribution in [0.3, 0.4) is 0 Å². The number of benzene rings is 1. The molecule has 1 aromatic heterocycles. The van der Waals surface area contributed by atoms with E-state index < -0.39 is 0 Å². The number of aryl methyl sites for hydroxylation is 1. The summed E-state index contributed by atoms with van der Waals surface area (Å²) < 4.78 is 1.26. The summed E-state index contributed by atoms with van der Waals surface area (Å²) >= 11 is 0. The van der Waals surface area contributed by atoms with E-state index in [0.717, 1.165) is 17.5 Å². The normalized spacial score (nSPS) is 22.8. The van der Waals surface area contributed by atoms with E-state index in [4.69, 9.17) is 0 Å². The molecular formula is C19H22N4O3. The molecule has 2 saturated heterocycles. The number of hydrogen-bond donors (Lipinski definition) is 0. The largest absolute Gasteiger partial charge is 0.342 e. The Morgan fingerprint density at radius 3 is 2.73 bits per heavy atom. The fourth-order valence-corrected chi connectivity index (χ4v) is 4.25. The molecule has 2 amide bonds. The highest BCUT2D eigenvalue weighted by Gasteiger charge is 2.41. The lowest BCUT2D eigenvalue weighted by Gasteiger charge is -2.36. The molecule has 2 atom stereocenters. The average Bonchev–Trinajstić information content (AvgIpc) is 2.93. The molecule has 4 rings (SSSR count). The molecule has 0 spiro atoms. The van der Waals surface area contributed by atoms with Gasteiger partial charge in [0.05, 0.1) is 11.1 Å². The molecule has 0 radical (unpaired) electrons. The first-order valence-corrected chi connectivity index (χ1v) is 8.95. The predicted molar refractivity (Wildman–Crippen MR) is 96.6 cm³/mol. The molecule has 2 aliphatic rings. The first-order valence-electron chi connectivity index (χ1n) is 8.95. The van der Waals surface area contributed by atoms with E-state index in [2.05, 4.69) is 5.10 Å². The Labute approximate surface area is 151 Å². The second-order valence-corrected chi connectivity index (χ2v) is 7.26. The van der Waals surface area contributed by atoms with E-state index in [1.165, 1.54) is 4.68 Å². The van der Waals surface area contributed by atoms with Crippen LogP contribution in [0.1, 0.15) is 18.5 Å². The van der Waals surface area contributed by atoms with E-state index in [0.29, 0.717) is 24.9 Å². The van der Waals surface area contributed by atoms with Crippen LogP contribution in [-0.2, 0) is 16.1 Å². The van der Waals surface area contributed by atoms with Crippen LogP contribution in [0.25, 0.3) is 10.8 Å². The Hall–Kier alpha value is -2.70. The number of aromatic nitrogens is 2. The van der Waals surface area contributed by atoms with Crippen molar-refractivity contribution in [2.75, 3.05) is 20.1 Å². The van der Waals surface area contributed by atoms with Gasteiger partial charge in [0, 0.05) is 43.9 Å². The molecule has 0 aliphatic carbocycles. The maximum atomic E-state index is 12.7. The number of rotatable bonds is 2. The van der Waals surface area contributed by atoms with Gasteiger partial charge in [-0.3, -0.25) is 14.4 Å². The quantitative estimate of drug-likeness (QED) is 0.799. The lowest BCUT2D eigenvalue weighted by atomic mass is 9.93. The van der Waals surface area contributed by atoms with Gasteiger partial charge in [-0.25, -0.2) is 4.68 Å². The molecule has 2 aromatic rings. The van der Waals surface area contributed by atoms with Crippen molar-refractivity contribution in [3.8, 4) is 0 Å². The van der Waals surface area contributed by atoms with Crippen LogP contribution in [0.15, 0.2) is 29.1 Å². The van der Waals surface area contributed by atoms with Crippen LogP contribution in [-0.4, -0.2) is 57.6 Å². The number of nitrogens with zero attached hydrogens (tertiary/aromatic N) is 4. The number of likely N-dealkylation sites (tertiary alicyclic amines) is 2. The predicted octanol–water partition coefficient (Wildman–Crippen LogP) is 0.784. The number of amides is 2. The van der Waals surface area contributed by atoms with Crippen LogP contribution >= 0.6 is 0 Å². The van der Waals surface area contributed by atoms with Crippen LogP contribution in [0.5, 0.6) is 0 Å². The Bertz CT molecular complexity index is 951. The molecular weight excluding hydrogens is 332 g/mol. The Balaban J connectivity index is 1.54. The van der Waals surface area contributed by atoms with Gasteiger partial charge in [-0.15, -0.1) is 0 Å². The van der Waals surface area contributed by atoms with E-state index in [9.17, 15) is 14.4 Å². The van der Waals surface area contributed by atoms with Gasteiger partial charge in [0.15, 0.2) is 0 Å². The summed E-state index contributed by atoms with van der Waals surface area (Å²) in [6, 6.07) is 7.54. The van der Waals surface area contributed by atoms with Crippen LogP contribution < -0.4 is 5.56 Å². The molecule has 0 unspecified atom stereocenters. The molecule has 2 fully saturated rings. The third-order valence-corrected chi connectivity index (χ3v) is 5.71. The van der Waals surface area contributed by atoms with Crippen molar-refractivity contribution < 1.29 is 9.59 Å². The van der Waals surface area contributed by atoms with Crippen LogP contribution in [0.4, 0.5) is 0 Å². The summed E-state index contributed by atoms with van der Waals surface area (Å²) in [6.45, 7) is 2.96. The van der Waals surface area contributed by atoms with Gasteiger partial charge in [-0.1, -0.05) is 18.2 Å². The number of carbonyl (C=O) groups excluding carboxylic acids is 2. The molecule has 2 aliphatic heterocycles. The topological polar surface area (TPSA) is 75.5 Å². The summed E-state index contributed by atoms with van der Waals surface area (Å²) in [5.74, 6) is 0.222. The lowest BCUT2D eigenvalue weighted by molar-refractivity contribution is -0.134. The van der Waals surface area contributed by atoms with Gasteiger partial charge >= 0.3 is 0 Å². The highest BCUT2D eigenvalue weighted by molar-refractivity contribution is 5.84. The van der Waals surface area contributed by atoms with Crippen molar-refractivity contribution in [2.24, 2.45) is 5.92 Å². The van der Waals surface area contributed by atoms with Gasteiger partial charge in [0.2, 0.25) is 11.8 Å². The van der Waals surface area contributed by atoms with Gasteiger partial charge in [-0.05, 0) is 19.4 Å². The number of fused-ring (bicyclic) bond motifs is 2. The van der Waals surface area contributed by atoms with Crippen molar-refractivity contribution in [3.63, 3.8) is 0 Å². The third-order valence-electron chi connectivity index (χ3n) is 5.71. The Morgan fingerprint density at radius 1 is 1.23 bits per heavy atom. The standard InChI is InChI=1S/C19H22N4O3/c1-12-14-5-3-4-6-15(14)19(26)23(20-12)11-18(25)22-8-7-16-13(10-22)9-17(24)21(16)2/h3-6,13,16H,7-11H2,1-2H3/t13-,16+/m1/s1. The minimum absolute atomic E-state index is 0.0638. The summed E-state index contributed by atoms with van der Waals surface area (Å²) in [5.41, 5.74) is 0.486. The molecule has 136 valence electrons. The monoisotopic (exact) mass is 354 g/mol. The Morgan fingerprint density at radius 2 is 1.96 bits per heavy atom. The van der Waals surface area contributed by atoms with Crippen LogP contribution in [0.2, 0.25) is 0 Å². The van der Waals surface area contributed by atoms with E-state index in [-0.39, 0.29) is 35.9 Å². The van der Waals surface area contributed by atoms with Crippen molar-refractivity contribution in [2.45, 2.75) is 32.4 Å². The molecule has 0 bridgehead atoms. The maximum Gasteiger partial charge on any atom is 0.275 e. The van der Waals surface area contributed by atoms with Gasteiger partial charge in [0.1, 0.15) is 6.54 Å². The maximum absolute atomic E-state index is 12.7. The van der Waals surface area contributed by atoms with Crippen molar-refractivity contribution >= 4 is 22.6 Å².